The van der Waals surface area contributed by atoms with Crippen molar-refractivity contribution in [3.8, 4) is 11.5 Å². The number of carbonyl (C=O) groups is 1. The topological polar surface area (TPSA) is 86.3 Å². The van der Waals surface area contributed by atoms with Crippen LogP contribution in [0.15, 0.2) is 47.5 Å². The smallest absolute Gasteiger partial charge is 0.257 e. The highest BCUT2D eigenvalue weighted by Gasteiger charge is 2.42. The van der Waals surface area contributed by atoms with Gasteiger partial charge in [0.1, 0.15) is 12.4 Å². The van der Waals surface area contributed by atoms with E-state index in [0.717, 1.165) is 12.8 Å². The molecule has 9 heteroatoms. The fourth-order valence-corrected chi connectivity index (χ4v) is 3.93. The number of hydrogen-bond donors (Lipinski definition) is 0. The van der Waals surface area contributed by atoms with Gasteiger partial charge in [-0.3, -0.25) is 4.79 Å². The molecule has 0 N–H and O–H groups in total. The van der Waals surface area contributed by atoms with Crippen LogP contribution in [0.4, 0.5) is 4.39 Å². The van der Waals surface area contributed by atoms with Gasteiger partial charge in [-0.05, 0) is 43.5 Å². The van der Waals surface area contributed by atoms with E-state index in [4.69, 9.17) is 9.26 Å². The highest BCUT2D eigenvalue weighted by molar-refractivity contribution is 5.76. The Morgan fingerprint density at radius 3 is 2.90 bits per heavy atom. The molecule has 4 rings (SSSR count). The fraction of sp³-hybridized carbons (Fsp3) is 0.429. The zero-order valence-corrected chi connectivity index (χ0v) is 16.8. The number of piperidine rings is 1. The van der Waals surface area contributed by atoms with Gasteiger partial charge >= 0.3 is 0 Å². The van der Waals surface area contributed by atoms with E-state index in [2.05, 4.69) is 15.1 Å². The number of methoxy groups -OCH3 is 1. The molecule has 0 aliphatic carbocycles. The van der Waals surface area contributed by atoms with Crippen molar-refractivity contribution < 1.29 is 18.4 Å². The summed E-state index contributed by atoms with van der Waals surface area (Å²) in [6.07, 6.45) is 7.39. The summed E-state index contributed by atoms with van der Waals surface area (Å²) < 4.78 is 25.8. The van der Waals surface area contributed by atoms with Crippen molar-refractivity contribution in [2.24, 2.45) is 0 Å². The third-order valence-corrected chi connectivity index (χ3v) is 5.58. The molecule has 1 aromatic carbocycles. The van der Waals surface area contributed by atoms with Crippen molar-refractivity contribution in [2.45, 2.75) is 31.2 Å². The molecule has 1 aliphatic rings. The molecule has 0 radical (unpaired) electrons. The largest absolute Gasteiger partial charge is 0.385 e. The number of ether oxygens (including phenoxy) is 1. The second kappa shape index (κ2) is 8.74. The number of amides is 1. The molecule has 3 heterocycles. The molecule has 30 heavy (non-hydrogen) atoms. The summed E-state index contributed by atoms with van der Waals surface area (Å²) in [5, 5.41) is 4.24. The van der Waals surface area contributed by atoms with Gasteiger partial charge < -0.3 is 18.7 Å². The first-order valence-corrected chi connectivity index (χ1v) is 9.92. The van der Waals surface area contributed by atoms with E-state index in [9.17, 15) is 9.18 Å². The van der Waals surface area contributed by atoms with Crippen LogP contribution < -0.4 is 0 Å². The molecule has 0 spiro atoms. The molecular weight excluding hydrogens is 389 g/mol. The minimum atomic E-state index is -0.458. The molecule has 158 valence electrons. The van der Waals surface area contributed by atoms with E-state index >= 15 is 0 Å². The van der Waals surface area contributed by atoms with Crippen molar-refractivity contribution in [1.29, 1.82) is 0 Å². The van der Waals surface area contributed by atoms with Gasteiger partial charge in [-0.1, -0.05) is 5.16 Å². The minimum absolute atomic E-state index is 0.0248. The number of benzene rings is 1. The van der Waals surface area contributed by atoms with Crippen LogP contribution in [-0.2, 0) is 21.5 Å². The molecule has 1 unspecified atom stereocenters. The molecule has 1 saturated heterocycles. The maximum atomic E-state index is 13.2. The Balaban J connectivity index is 1.57. The van der Waals surface area contributed by atoms with Crippen LogP contribution in [0.1, 0.15) is 25.1 Å². The minimum Gasteiger partial charge on any atom is -0.385 e. The van der Waals surface area contributed by atoms with E-state index < -0.39 is 5.41 Å². The Labute approximate surface area is 173 Å². The molecule has 1 atom stereocenters. The lowest BCUT2D eigenvalue weighted by Crippen LogP contribution is -2.50. The van der Waals surface area contributed by atoms with Crippen molar-refractivity contribution in [2.75, 3.05) is 26.8 Å². The Hall–Kier alpha value is -3.07. The molecule has 1 fully saturated rings. The fourth-order valence-electron chi connectivity index (χ4n) is 3.93. The van der Waals surface area contributed by atoms with Gasteiger partial charge in [0.15, 0.2) is 5.82 Å². The van der Waals surface area contributed by atoms with Gasteiger partial charge in [-0.25, -0.2) is 9.37 Å². The Morgan fingerprint density at radius 1 is 1.33 bits per heavy atom. The summed E-state index contributed by atoms with van der Waals surface area (Å²) in [5.74, 6) is 0.591. The van der Waals surface area contributed by atoms with Crippen LogP contribution >= 0.6 is 0 Å². The molecule has 2 aromatic heterocycles. The van der Waals surface area contributed by atoms with E-state index in [-0.39, 0.29) is 18.3 Å². The van der Waals surface area contributed by atoms with Gasteiger partial charge in [0.25, 0.3) is 5.89 Å². The van der Waals surface area contributed by atoms with E-state index in [1.54, 1.807) is 42.5 Å². The SMILES string of the molecule is COCCC1(c2noc(-c3ccc(F)cc3)n2)CCCN(C(=O)Cn2ccnc2)C1. The lowest BCUT2D eigenvalue weighted by atomic mass is 9.76. The number of hydrogen-bond acceptors (Lipinski definition) is 6. The zero-order chi connectivity index (χ0) is 21.0. The number of aromatic nitrogens is 4. The van der Waals surface area contributed by atoms with E-state index in [1.165, 1.54) is 12.1 Å². The molecule has 0 saturated carbocycles. The predicted molar refractivity (Wildman–Crippen MR) is 106 cm³/mol. The van der Waals surface area contributed by atoms with Gasteiger partial charge in [-0.2, -0.15) is 4.98 Å². The van der Waals surface area contributed by atoms with Crippen molar-refractivity contribution in [1.82, 2.24) is 24.6 Å². The average molecular weight is 413 g/mol. The average Bonchev–Trinajstić information content (AvgIpc) is 3.45. The second-order valence-electron chi connectivity index (χ2n) is 7.61. The number of likely N-dealkylation sites (tertiary alicyclic amines) is 1. The van der Waals surface area contributed by atoms with Crippen molar-refractivity contribution in [3.05, 3.63) is 54.6 Å². The highest BCUT2D eigenvalue weighted by Crippen LogP contribution is 2.37. The van der Waals surface area contributed by atoms with E-state index in [0.29, 0.717) is 43.4 Å². The van der Waals surface area contributed by atoms with Gasteiger partial charge in [0, 0.05) is 44.8 Å². The van der Waals surface area contributed by atoms with Crippen LogP contribution in [-0.4, -0.2) is 57.3 Å². The molecule has 0 bridgehead atoms. The van der Waals surface area contributed by atoms with E-state index in [1.807, 2.05) is 4.90 Å². The Morgan fingerprint density at radius 2 is 2.17 bits per heavy atom. The van der Waals surface area contributed by atoms with Gasteiger partial charge in [-0.15, -0.1) is 0 Å². The monoisotopic (exact) mass is 413 g/mol. The summed E-state index contributed by atoms with van der Waals surface area (Å²) in [6, 6.07) is 5.93. The number of imidazole rings is 1. The first-order chi connectivity index (χ1) is 14.6. The standard InChI is InChI=1S/C21H24FN5O3/c1-29-12-8-21(20-24-19(30-25-20)16-3-5-17(22)6-4-16)7-2-10-27(14-21)18(28)13-26-11-9-23-15-26/h3-6,9,11,15H,2,7-8,10,12-14H2,1H3. The Bertz CT molecular complexity index is 973. The molecule has 8 nitrogen and oxygen atoms in total. The summed E-state index contributed by atoms with van der Waals surface area (Å²) in [6.45, 7) is 1.94. The molecular formula is C21H24FN5O3. The lowest BCUT2D eigenvalue weighted by Gasteiger charge is -2.41. The Kier molecular flexibility index (Phi) is 5.89. The summed E-state index contributed by atoms with van der Waals surface area (Å²) in [5.41, 5.74) is 0.196. The first kappa shape index (κ1) is 20.2. The van der Waals surface area contributed by atoms with Crippen LogP contribution in [0.25, 0.3) is 11.5 Å². The maximum absolute atomic E-state index is 13.2. The van der Waals surface area contributed by atoms with Crippen LogP contribution in [0, 0.1) is 5.82 Å². The van der Waals surface area contributed by atoms with Gasteiger partial charge in [0.2, 0.25) is 5.91 Å². The predicted octanol–water partition coefficient (Wildman–Crippen LogP) is 2.67. The first-order valence-electron chi connectivity index (χ1n) is 9.92. The van der Waals surface area contributed by atoms with Crippen molar-refractivity contribution in [3.63, 3.8) is 0 Å². The van der Waals surface area contributed by atoms with Crippen LogP contribution in [0.2, 0.25) is 0 Å². The summed E-state index contributed by atoms with van der Waals surface area (Å²) in [4.78, 5) is 23.3. The normalized spacial score (nSPS) is 19.2. The maximum Gasteiger partial charge on any atom is 0.257 e. The van der Waals surface area contributed by atoms with Crippen LogP contribution in [0.3, 0.4) is 0 Å². The lowest BCUT2D eigenvalue weighted by molar-refractivity contribution is -0.134. The number of nitrogens with zero attached hydrogens (tertiary/aromatic N) is 5. The number of halogens is 1. The third kappa shape index (κ3) is 4.25. The number of carbonyl (C=O) groups excluding carboxylic acids is 1. The second-order valence-corrected chi connectivity index (χ2v) is 7.61. The molecule has 1 amide bonds. The van der Waals surface area contributed by atoms with Crippen molar-refractivity contribution >= 4 is 5.91 Å². The third-order valence-electron chi connectivity index (χ3n) is 5.58. The summed E-state index contributed by atoms with van der Waals surface area (Å²) in [7, 11) is 1.65. The summed E-state index contributed by atoms with van der Waals surface area (Å²) >= 11 is 0. The van der Waals surface area contributed by atoms with Gasteiger partial charge in [0.05, 0.1) is 11.7 Å². The van der Waals surface area contributed by atoms with Crippen LogP contribution in [0.5, 0.6) is 0 Å². The molecule has 1 aliphatic heterocycles. The zero-order valence-electron chi connectivity index (χ0n) is 16.8. The highest BCUT2D eigenvalue weighted by atomic mass is 19.1. The quantitative estimate of drug-likeness (QED) is 0.592. The molecule has 3 aromatic rings. The number of rotatable bonds is 7.